The highest BCUT2D eigenvalue weighted by molar-refractivity contribution is 5.96. The number of nitrogens with one attached hydrogen (secondary N) is 4. The number of carbonyl (C=O) groups is 8. The first-order chi connectivity index (χ1) is 31.6. The molecule has 5 N–H and O–H groups in total. The van der Waals surface area contributed by atoms with Crippen LogP contribution in [0.3, 0.4) is 0 Å². The molecule has 1 aromatic rings. The van der Waals surface area contributed by atoms with E-state index in [1.807, 2.05) is 26.8 Å². The minimum atomic E-state index is -1.32. The molecule has 18 heteroatoms. The number of hydrogen-bond donors (Lipinski definition) is 5. The second-order valence-corrected chi connectivity index (χ2v) is 17.9. The number of likely N-dealkylation sites (N-methyl/N-ethyl adjacent to an activating group) is 2. The lowest BCUT2D eigenvalue weighted by Gasteiger charge is -2.33. The van der Waals surface area contributed by atoms with Crippen molar-refractivity contribution in [1.29, 1.82) is 0 Å². The van der Waals surface area contributed by atoms with Crippen LogP contribution in [0, 0.1) is 17.8 Å². The average molecular weight is 941 g/mol. The summed E-state index contributed by atoms with van der Waals surface area (Å²) in [5, 5.41) is 19.9. The van der Waals surface area contributed by atoms with Gasteiger partial charge in [0.1, 0.15) is 36.4 Å². The second-order valence-electron chi connectivity index (χ2n) is 17.9. The molecule has 0 fully saturated rings. The first-order valence-electron chi connectivity index (χ1n) is 23.3. The molecule has 1 aliphatic heterocycles. The van der Waals surface area contributed by atoms with Crippen LogP contribution in [0.1, 0.15) is 107 Å². The molecule has 1 aromatic carbocycles. The predicted octanol–water partition coefficient (Wildman–Crippen LogP) is 3.74. The van der Waals surface area contributed by atoms with Gasteiger partial charge in [0.15, 0.2) is 6.10 Å². The molecule has 0 bridgehead atoms. The van der Waals surface area contributed by atoms with Crippen LogP contribution < -0.4 is 21.3 Å². The third-order valence-corrected chi connectivity index (χ3v) is 11.9. The van der Waals surface area contributed by atoms with Crippen molar-refractivity contribution in [2.75, 3.05) is 33.8 Å². The monoisotopic (exact) mass is 941 g/mol. The molecule has 18 nitrogen and oxygen atoms in total. The zero-order valence-corrected chi connectivity index (χ0v) is 41.5. The first kappa shape index (κ1) is 57.3. The lowest BCUT2D eigenvalue weighted by atomic mass is 9.90. The number of carbonyl (C=O) groups excluding carboxylic acids is 8. The summed E-state index contributed by atoms with van der Waals surface area (Å²) in [6.45, 7) is 16.5. The summed E-state index contributed by atoms with van der Waals surface area (Å²) in [6.07, 6.45) is 0.647. The van der Waals surface area contributed by atoms with Crippen LogP contribution >= 0.6 is 0 Å². The van der Waals surface area contributed by atoms with Gasteiger partial charge in [-0.05, 0) is 76.9 Å². The number of aliphatic hydroxyl groups excluding tert-OH is 1. The number of hydrogen-bond acceptors (Lipinski definition) is 12. The zero-order chi connectivity index (χ0) is 50.5. The molecule has 9 atom stereocenters. The van der Waals surface area contributed by atoms with Gasteiger partial charge >= 0.3 is 18.0 Å². The number of ether oxygens (including phenoxy) is 3. The molecule has 6 amide bonds. The smallest absolute Gasteiger partial charge is 0.407 e. The summed E-state index contributed by atoms with van der Waals surface area (Å²) >= 11 is 0. The van der Waals surface area contributed by atoms with Gasteiger partial charge in [0.2, 0.25) is 23.6 Å². The lowest BCUT2D eigenvalue weighted by Crippen LogP contribution is -2.57. The fourth-order valence-electron chi connectivity index (χ4n) is 7.30. The summed E-state index contributed by atoms with van der Waals surface area (Å²) in [5.74, 6) is -6.21. The largest absolute Gasteiger partial charge is 0.456 e. The van der Waals surface area contributed by atoms with Crippen LogP contribution in [0.2, 0.25) is 0 Å². The molecule has 0 saturated heterocycles. The number of benzene rings is 1. The van der Waals surface area contributed by atoms with Crippen LogP contribution in [0.4, 0.5) is 4.79 Å². The van der Waals surface area contributed by atoms with Gasteiger partial charge in [0, 0.05) is 51.6 Å². The molecular formula is C49H76N6O12. The van der Waals surface area contributed by atoms with E-state index in [2.05, 4.69) is 21.3 Å². The van der Waals surface area contributed by atoms with Crippen LogP contribution in [-0.2, 0) is 54.2 Å². The van der Waals surface area contributed by atoms with Gasteiger partial charge in [-0.2, -0.15) is 0 Å². The van der Waals surface area contributed by atoms with E-state index < -0.39 is 108 Å². The Morgan fingerprint density at radius 3 is 2.16 bits per heavy atom. The fourth-order valence-corrected chi connectivity index (χ4v) is 7.30. The van der Waals surface area contributed by atoms with Crippen LogP contribution in [0.15, 0.2) is 53.6 Å². The van der Waals surface area contributed by atoms with E-state index in [9.17, 15) is 43.5 Å². The average Bonchev–Trinajstić information content (AvgIpc) is 3.29. The molecular weight excluding hydrogens is 865 g/mol. The highest BCUT2D eigenvalue weighted by atomic mass is 16.6. The van der Waals surface area contributed by atoms with E-state index in [-0.39, 0.29) is 43.9 Å². The van der Waals surface area contributed by atoms with Crippen molar-refractivity contribution in [3.05, 3.63) is 59.2 Å². The van der Waals surface area contributed by atoms with E-state index in [1.54, 1.807) is 58.0 Å². The molecule has 0 spiro atoms. The van der Waals surface area contributed by atoms with E-state index in [1.165, 1.54) is 45.8 Å². The second kappa shape index (κ2) is 28.4. The third kappa shape index (κ3) is 18.4. The van der Waals surface area contributed by atoms with Gasteiger partial charge in [-0.1, -0.05) is 83.5 Å². The number of alkyl carbamates (subject to hydrolysis) is 1. The van der Waals surface area contributed by atoms with E-state index in [4.69, 9.17) is 14.2 Å². The van der Waals surface area contributed by atoms with Crippen molar-refractivity contribution in [1.82, 2.24) is 31.1 Å². The maximum absolute atomic E-state index is 14.2. The molecule has 0 aromatic heterocycles. The summed E-state index contributed by atoms with van der Waals surface area (Å²) in [7, 11) is 2.83. The van der Waals surface area contributed by atoms with E-state index >= 15 is 0 Å². The number of cyclic esters (lactones) is 2. The topological polar surface area (TPSA) is 239 Å². The summed E-state index contributed by atoms with van der Waals surface area (Å²) in [5.41, 5.74) is 1.40. The Hall–Kier alpha value is -5.78. The van der Waals surface area contributed by atoms with Gasteiger partial charge in [0.05, 0.1) is 6.54 Å². The van der Waals surface area contributed by atoms with E-state index in [0.717, 1.165) is 10.5 Å². The minimum Gasteiger partial charge on any atom is -0.456 e. The number of rotatable bonds is 12. The maximum atomic E-state index is 14.2. The Labute approximate surface area is 396 Å². The maximum Gasteiger partial charge on any atom is 0.407 e. The molecule has 67 heavy (non-hydrogen) atoms. The van der Waals surface area contributed by atoms with Gasteiger partial charge in [-0.3, -0.25) is 24.0 Å². The van der Waals surface area contributed by atoms with Crippen molar-refractivity contribution in [3.8, 4) is 0 Å². The lowest BCUT2D eigenvalue weighted by molar-refractivity contribution is -0.155. The molecule has 1 heterocycles. The van der Waals surface area contributed by atoms with E-state index in [0.29, 0.717) is 24.8 Å². The van der Waals surface area contributed by atoms with Gasteiger partial charge in [-0.25, -0.2) is 14.4 Å². The Bertz CT molecular complexity index is 1900. The van der Waals surface area contributed by atoms with Crippen LogP contribution in [-0.4, -0.2) is 139 Å². The molecule has 0 aliphatic carbocycles. The SMILES string of the molecule is C/C=C(\C)[C@H]1OC(=O)[C@@H](C)NC(=O)[C@H](C(C)CC)NC(=O)CN(C)C(=O)[C@@H](Cc2ccccc2)N(C)C(=O)[C@H](C)NC(=O)[C@@H](CC(C)C)OC(=O)/C(C)=C/C[C@H](OC(=O)NCCCCO)[C@@H]1C. The van der Waals surface area contributed by atoms with Crippen molar-refractivity contribution in [2.45, 2.75) is 150 Å². The van der Waals surface area contributed by atoms with Crippen molar-refractivity contribution in [2.24, 2.45) is 17.8 Å². The molecule has 0 saturated carbocycles. The molecule has 1 aliphatic rings. The fraction of sp³-hybridized carbons (Fsp3) is 0.633. The van der Waals surface area contributed by atoms with Gasteiger partial charge < -0.3 is 50.4 Å². The van der Waals surface area contributed by atoms with Gasteiger partial charge in [0.25, 0.3) is 5.91 Å². The summed E-state index contributed by atoms with van der Waals surface area (Å²) in [4.78, 5) is 113. The number of aliphatic hydroxyl groups is 1. The third-order valence-electron chi connectivity index (χ3n) is 11.9. The predicted molar refractivity (Wildman–Crippen MR) is 252 cm³/mol. The Morgan fingerprint density at radius 1 is 0.925 bits per heavy atom. The van der Waals surface area contributed by atoms with Gasteiger partial charge in [-0.15, -0.1) is 0 Å². The highest BCUT2D eigenvalue weighted by Crippen LogP contribution is 2.26. The Kier molecular flexibility index (Phi) is 24.3. The number of amides is 6. The normalized spacial score (nSPS) is 26.6. The molecule has 0 radical (unpaired) electrons. The number of esters is 2. The Morgan fingerprint density at radius 2 is 1.57 bits per heavy atom. The highest BCUT2D eigenvalue weighted by Gasteiger charge is 2.37. The summed E-state index contributed by atoms with van der Waals surface area (Å²) < 4.78 is 17.7. The molecule has 1 unspecified atom stereocenters. The van der Waals surface area contributed by atoms with Crippen LogP contribution in [0.5, 0.6) is 0 Å². The number of allylic oxidation sites excluding steroid dienone is 1. The van der Waals surface area contributed by atoms with Crippen molar-refractivity contribution < 1.29 is 57.7 Å². The summed E-state index contributed by atoms with van der Waals surface area (Å²) in [6, 6.07) is 4.32. The Balaban J connectivity index is 2.71. The quantitative estimate of drug-likeness (QED) is 0.0872. The van der Waals surface area contributed by atoms with Crippen molar-refractivity contribution in [3.63, 3.8) is 0 Å². The van der Waals surface area contributed by atoms with Crippen molar-refractivity contribution >= 4 is 47.6 Å². The number of unbranched alkanes of at least 4 members (excludes halogenated alkanes) is 1. The first-order valence-corrected chi connectivity index (χ1v) is 23.3. The molecule has 2 rings (SSSR count). The standard InChI is InChI=1S/C49H76N6O12/c1-13-30(5)41-44(59)52-35(10)48(63)67-42(31(6)14-2)33(8)38(66-49(64)50-24-18-19-25-56)23-22-32(7)47(62)65-39(26-29(3)4)43(58)51-34(9)45(60)55(12)37(27-36-20-16-15-17-21-36)46(61)54(11)28-40(57)53-41/h14-17,20-22,29-30,33-35,37-39,41-42,56H,13,18-19,23-28H2,1-12H3,(H,50,64)(H,51,58)(H,52,59)(H,53,57)/b31-14+,32-22+/t30?,33-,34-,35+,37+,38-,39+,41-,42+/m0/s1. The van der Waals surface area contributed by atoms with Crippen LogP contribution in [0.25, 0.3) is 0 Å². The molecule has 374 valence electrons. The number of nitrogens with zero attached hydrogens (tertiary/aromatic N) is 2. The minimum absolute atomic E-state index is 0.0540. The zero-order valence-electron chi connectivity index (χ0n) is 41.5.